The SMILES string of the molecule is Cc1cc(N)nc(C2Cc3nc(OC[C@@]45CCCN4C[C@H](F)C5)nc(N(C)CC4CNC4)c3CC2C)c1C(F)(F)F. The highest BCUT2D eigenvalue weighted by Crippen LogP contribution is 2.45. The summed E-state index contributed by atoms with van der Waals surface area (Å²) in [6, 6.07) is 1.47. The number of aromatic nitrogens is 3. The summed E-state index contributed by atoms with van der Waals surface area (Å²) >= 11 is 0. The van der Waals surface area contributed by atoms with Crippen molar-refractivity contribution in [3.8, 4) is 6.01 Å². The number of nitrogen functional groups attached to an aromatic ring is 1. The van der Waals surface area contributed by atoms with Gasteiger partial charge in [0.15, 0.2) is 0 Å². The summed E-state index contributed by atoms with van der Waals surface area (Å²) in [6.45, 7) is 7.61. The van der Waals surface area contributed by atoms with Crippen LogP contribution in [0.1, 0.15) is 60.2 Å². The third-order valence-corrected chi connectivity index (χ3v) is 9.57. The van der Waals surface area contributed by atoms with E-state index in [1.54, 1.807) is 0 Å². The van der Waals surface area contributed by atoms with Crippen LogP contribution in [0.15, 0.2) is 6.07 Å². The molecule has 8 nitrogen and oxygen atoms in total. The zero-order chi connectivity index (χ0) is 29.1. The Balaban J connectivity index is 1.35. The molecule has 0 spiro atoms. The van der Waals surface area contributed by atoms with Gasteiger partial charge in [0.2, 0.25) is 0 Å². The van der Waals surface area contributed by atoms with E-state index in [9.17, 15) is 17.6 Å². The second kappa shape index (κ2) is 10.5. The predicted molar refractivity (Wildman–Crippen MR) is 148 cm³/mol. The predicted octanol–water partition coefficient (Wildman–Crippen LogP) is 3.91. The zero-order valence-electron chi connectivity index (χ0n) is 23.9. The first kappa shape index (κ1) is 28.4. The Bertz CT molecular complexity index is 1300. The van der Waals surface area contributed by atoms with Crippen LogP contribution in [-0.4, -0.2) is 77.9 Å². The molecule has 0 bridgehead atoms. The van der Waals surface area contributed by atoms with Crippen LogP contribution < -0.4 is 20.7 Å². The van der Waals surface area contributed by atoms with Gasteiger partial charge in [-0.1, -0.05) is 6.92 Å². The van der Waals surface area contributed by atoms with E-state index < -0.39 is 23.8 Å². The van der Waals surface area contributed by atoms with Crippen LogP contribution in [0.4, 0.5) is 29.2 Å². The molecule has 0 amide bonds. The Morgan fingerprint density at radius 1 is 1.22 bits per heavy atom. The van der Waals surface area contributed by atoms with Gasteiger partial charge in [0.1, 0.15) is 24.4 Å². The maximum absolute atomic E-state index is 14.4. The molecular formula is C29H39F4N7O. The van der Waals surface area contributed by atoms with Gasteiger partial charge in [0.25, 0.3) is 0 Å². The number of nitrogens with two attached hydrogens (primary N) is 1. The maximum Gasteiger partial charge on any atom is 0.418 e. The average molecular weight is 578 g/mol. The number of hydrogen-bond acceptors (Lipinski definition) is 8. The third-order valence-electron chi connectivity index (χ3n) is 9.57. The number of alkyl halides is 4. The van der Waals surface area contributed by atoms with Gasteiger partial charge < -0.3 is 20.7 Å². The first-order valence-electron chi connectivity index (χ1n) is 14.6. The molecule has 6 rings (SSSR count). The van der Waals surface area contributed by atoms with E-state index in [0.717, 1.165) is 50.4 Å². The van der Waals surface area contributed by atoms with E-state index in [4.69, 9.17) is 20.4 Å². The largest absolute Gasteiger partial charge is 0.461 e. The molecule has 41 heavy (non-hydrogen) atoms. The number of anilines is 2. The molecule has 3 saturated heterocycles. The van der Waals surface area contributed by atoms with Gasteiger partial charge in [-0.3, -0.25) is 4.90 Å². The maximum atomic E-state index is 14.4. The minimum atomic E-state index is -4.55. The summed E-state index contributed by atoms with van der Waals surface area (Å²) < 4.78 is 63.3. The molecule has 0 saturated carbocycles. The van der Waals surface area contributed by atoms with Crippen LogP contribution in [0.3, 0.4) is 0 Å². The molecule has 1 aliphatic carbocycles. The highest BCUT2D eigenvalue weighted by Gasteiger charge is 2.49. The van der Waals surface area contributed by atoms with Gasteiger partial charge in [-0.2, -0.15) is 23.1 Å². The molecule has 4 aliphatic rings. The number of nitrogens with zero attached hydrogens (tertiary/aromatic N) is 5. The number of fused-ring (bicyclic) bond motifs is 2. The minimum absolute atomic E-state index is 0.0230. The molecule has 12 heteroatoms. The summed E-state index contributed by atoms with van der Waals surface area (Å²) in [5.41, 5.74) is 6.55. The van der Waals surface area contributed by atoms with Gasteiger partial charge in [-0.15, -0.1) is 0 Å². The Hall–Kier alpha value is -2.73. The lowest BCUT2D eigenvalue weighted by Crippen LogP contribution is -2.48. The van der Waals surface area contributed by atoms with Crippen LogP contribution in [-0.2, 0) is 19.0 Å². The van der Waals surface area contributed by atoms with Crippen molar-refractivity contribution in [1.29, 1.82) is 0 Å². The molecule has 2 aromatic heterocycles. The summed E-state index contributed by atoms with van der Waals surface area (Å²) in [7, 11) is 1.99. The van der Waals surface area contributed by atoms with Gasteiger partial charge >= 0.3 is 12.2 Å². The minimum Gasteiger partial charge on any atom is -0.461 e. The molecule has 2 aromatic rings. The van der Waals surface area contributed by atoms with E-state index >= 15 is 0 Å². The highest BCUT2D eigenvalue weighted by atomic mass is 19.4. The summed E-state index contributed by atoms with van der Waals surface area (Å²) in [5, 5.41) is 3.30. The first-order valence-corrected chi connectivity index (χ1v) is 14.6. The number of nitrogens with one attached hydrogen (secondary N) is 1. The smallest absolute Gasteiger partial charge is 0.418 e. The molecule has 2 unspecified atom stereocenters. The van der Waals surface area contributed by atoms with Gasteiger partial charge in [-0.05, 0) is 56.7 Å². The third kappa shape index (κ3) is 5.33. The van der Waals surface area contributed by atoms with E-state index in [1.807, 2.05) is 14.0 Å². The molecule has 3 N–H and O–H groups in total. The summed E-state index contributed by atoms with van der Waals surface area (Å²) in [4.78, 5) is 18.2. The summed E-state index contributed by atoms with van der Waals surface area (Å²) in [5.74, 6) is 0.655. The molecule has 224 valence electrons. The quantitative estimate of drug-likeness (QED) is 0.479. The molecule has 5 heterocycles. The molecule has 0 radical (unpaired) electrons. The Labute approximate surface area is 238 Å². The molecule has 0 aromatic carbocycles. The van der Waals surface area contributed by atoms with Crippen molar-refractivity contribution >= 4 is 11.6 Å². The number of pyridine rings is 1. The number of ether oxygens (including phenoxy) is 1. The van der Waals surface area contributed by atoms with Crippen molar-refractivity contribution in [2.75, 3.05) is 57.0 Å². The van der Waals surface area contributed by atoms with Crippen LogP contribution in [0.5, 0.6) is 6.01 Å². The van der Waals surface area contributed by atoms with Crippen LogP contribution in [0.25, 0.3) is 0 Å². The fourth-order valence-corrected chi connectivity index (χ4v) is 7.45. The van der Waals surface area contributed by atoms with E-state index in [-0.39, 0.29) is 47.6 Å². The standard InChI is InChI=1S/C29H39F4N7O/c1-16-7-21-22(9-20(16)25-24(29(31,32)33)17(2)8-23(34)37-25)36-27(38-26(21)39(3)13-18-11-35-12-18)41-15-28-5-4-6-40(28)14-19(30)10-28/h8,16,18-20,35H,4-7,9-15H2,1-3H3,(H2,34,37)/t16?,19-,20?,28+/m1/s1. The second-order valence-electron chi connectivity index (χ2n) is 12.6. The highest BCUT2D eigenvalue weighted by molar-refractivity contribution is 5.53. The van der Waals surface area contributed by atoms with Crippen molar-refractivity contribution in [2.45, 2.75) is 69.8 Å². The van der Waals surface area contributed by atoms with Crippen molar-refractivity contribution in [2.24, 2.45) is 11.8 Å². The number of halogens is 4. The van der Waals surface area contributed by atoms with Crippen molar-refractivity contribution < 1.29 is 22.3 Å². The Morgan fingerprint density at radius 2 is 2.00 bits per heavy atom. The molecular weight excluding hydrogens is 538 g/mol. The van der Waals surface area contributed by atoms with E-state index in [0.29, 0.717) is 31.0 Å². The first-order chi connectivity index (χ1) is 19.4. The molecule has 3 fully saturated rings. The van der Waals surface area contributed by atoms with Crippen LogP contribution >= 0.6 is 0 Å². The van der Waals surface area contributed by atoms with Crippen molar-refractivity contribution in [1.82, 2.24) is 25.2 Å². The van der Waals surface area contributed by atoms with Crippen molar-refractivity contribution in [3.63, 3.8) is 0 Å². The van der Waals surface area contributed by atoms with Gasteiger partial charge in [-0.25, -0.2) is 9.37 Å². The topological polar surface area (TPSA) is 92.4 Å². The normalized spacial score (nSPS) is 28.3. The average Bonchev–Trinajstić information content (AvgIpc) is 3.38. The monoisotopic (exact) mass is 577 g/mol. The van der Waals surface area contributed by atoms with E-state index in [1.165, 1.54) is 13.0 Å². The second-order valence-corrected chi connectivity index (χ2v) is 12.6. The lowest BCUT2D eigenvalue weighted by molar-refractivity contribution is -0.139. The lowest BCUT2D eigenvalue weighted by atomic mass is 9.75. The van der Waals surface area contributed by atoms with Crippen LogP contribution in [0.2, 0.25) is 0 Å². The fourth-order valence-electron chi connectivity index (χ4n) is 7.45. The van der Waals surface area contributed by atoms with Gasteiger partial charge in [0.05, 0.1) is 22.5 Å². The number of aryl methyl sites for hydroxylation is 1. The van der Waals surface area contributed by atoms with Gasteiger partial charge in [0, 0.05) is 57.0 Å². The fraction of sp³-hybridized carbons (Fsp3) is 0.690. The Morgan fingerprint density at radius 3 is 2.71 bits per heavy atom. The Kier molecular flexibility index (Phi) is 7.28. The lowest BCUT2D eigenvalue weighted by Gasteiger charge is -2.36. The number of rotatable bonds is 7. The molecule has 4 atom stereocenters. The van der Waals surface area contributed by atoms with Crippen LogP contribution in [0, 0.1) is 18.8 Å². The van der Waals surface area contributed by atoms with Crippen molar-refractivity contribution in [3.05, 3.63) is 34.1 Å². The van der Waals surface area contributed by atoms with E-state index in [2.05, 4.69) is 20.1 Å². The molecule has 3 aliphatic heterocycles. The number of hydrogen-bond donors (Lipinski definition) is 2. The zero-order valence-corrected chi connectivity index (χ0v) is 23.9. The summed E-state index contributed by atoms with van der Waals surface area (Å²) in [6.07, 6.45) is -2.36.